The largest absolute Gasteiger partial charge is 0.310 e. The maximum Gasteiger partial charge on any atom is 0.127 e. The molecule has 1 aliphatic rings. The predicted octanol–water partition coefficient (Wildman–Crippen LogP) is 4.19. The number of halogens is 2. The molecule has 3 heteroatoms. The number of benzene rings is 2. The Balaban J connectivity index is 1.90. The fourth-order valence-electron chi connectivity index (χ4n) is 2.37. The van der Waals surface area contributed by atoms with Crippen LogP contribution in [0.4, 0.5) is 8.78 Å². The van der Waals surface area contributed by atoms with E-state index >= 15 is 0 Å². The van der Waals surface area contributed by atoms with Crippen LogP contribution in [0.2, 0.25) is 0 Å². The monoisotopic (exact) mass is 273 g/mol. The quantitative estimate of drug-likeness (QED) is 0.880. The Morgan fingerprint density at radius 3 is 2.60 bits per heavy atom. The van der Waals surface area contributed by atoms with Crippen molar-refractivity contribution in [3.63, 3.8) is 0 Å². The highest BCUT2D eigenvalue weighted by atomic mass is 19.1. The Hall–Kier alpha value is -1.74. The Bertz CT molecular complexity index is 633. The van der Waals surface area contributed by atoms with Gasteiger partial charge in [-0.3, -0.25) is 0 Å². The lowest BCUT2D eigenvalue weighted by Crippen LogP contribution is -2.16. The van der Waals surface area contributed by atoms with E-state index in [1.807, 2.05) is 13.0 Å². The molecule has 0 bridgehead atoms. The van der Waals surface area contributed by atoms with E-state index in [0.717, 1.165) is 16.7 Å². The van der Waals surface area contributed by atoms with Gasteiger partial charge in [-0.25, -0.2) is 8.78 Å². The van der Waals surface area contributed by atoms with Gasteiger partial charge in [0.2, 0.25) is 0 Å². The van der Waals surface area contributed by atoms with Crippen LogP contribution in [0.25, 0.3) is 11.1 Å². The van der Waals surface area contributed by atoms with Gasteiger partial charge >= 0.3 is 0 Å². The zero-order valence-corrected chi connectivity index (χ0v) is 11.4. The number of hydrogen-bond donors (Lipinski definition) is 1. The van der Waals surface area contributed by atoms with Crippen molar-refractivity contribution in [3.05, 3.63) is 59.2 Å². The summed E-state index contributed by atoms with van der Waals surface area (Å²) in [4.78, 5) is 0. The van der Waals surface area contributed by atoms with Gasteiger partial charge in [-0.15, -0.1) is 0 Å². The Kier molecular flexibility index (Phi) is 3.53. The lowest BCUT2D eigenvalue weighted by Gasteiger charge is -2.10. The molecule has 0 heterocycles. The predicted molar refractivity (Wildman–Crippen MR) is 76.4 cm³/mol. The van der Waals surface area contributed by atoms with Crippen LogP contribution < -0.4 is 5.32 Å². The first-order chi connectivity index (χ1) is 9.63. The Morgan fingerprint density at radius 2 is 1.90 bits per heavy atom. The number of hydrogen-bond acceptors (Lipinski definition) is 1. The second-order valence-corrected chi connectivity index (χ2v) is 5.42. The molecule has 1 saturated carbocycles. The topological polar surface area (TPSA) is 12.0 Å². The second kappa shape index (κ2) is 5.33. The molecular formula is C17H17F2N. The highest BCUT2D eigenvalue weighted by Crippen LogP contribution is 2.26. The zero-order valence-electron chi connectivity index (χ0n) is 11.4. The minimum atomic E-state index is -0.246. The summed E-state index contributed by atoms with van der Waals surface area (Å²) >= 11 is 0. The summed E-state index contributed by atoms with van der Waals surface area (Å²) in [5.74, 6) is -0.439. The lowest BCUT2D eigenvalue weighted by molar-refractivity contribution is 0.587. The molecule has 0 aliphatic heterocycles. The van der Waals surface area contributed by atoms with Crippen LogP contribution in [-0.4, -0.2) is 6.04 Å². The van der Waals surface area contributed by atoms with Crippen LogP contribution in [0, 0.1) is 18.6 Å². The summed E-state index contributed by atoms with van der Waals surface area (Å²) in [6.07, 6.45) is 2.36. The molecule has 0 radical (unpaired) electrons. The first kappa shape index (κ1) is 13.3. The van der Waals surface area contributed by atoms with Crippen LogP contribution in [0.5, 0.6) is 0 Å². The molecule has 0 atom stereocenters. The molecule has 0 saturated heterocycles. The van der Waals surface area contributed by atoms with E-state index in [2.05, 4.69) is 5.32 Å². The zero-order chi connectivity index (χ0) is 14.1. The van der Waals surface area contributed by atoms with Crippen molar-refractivity contribution in [3.8, 4) is 11.1 Å². The Labute approximate surface area is 117 Å². The average Bonchev–Trinajstić information content (AvgIpc) is 3.22. The van der Waals surface area contributed by atoms with E-state index in [4.69, 9.17) is 0 Å². The van der Waals surface area contributed by atoms with Crippen LogP contribution in [0.15, 0.2) is 36.4 Å². The summed E-state index contributed by atoms with van der Waals surface area (Å²) < 4.78 is 27.0. The molecule has 0 amide bonds. The van der Waals surface area contributed by atoms with E-state index in [9.17, 15) is 8.78 Å². The number of rotatable bonds is 4. The first-order valence-electron chi connectivity index (χ1n) is 6.92. The van der Waals surface area contributed by atoms with Crippen molar-refractivity contribution in [2.75, 3.05) is 0 Å². The van der Waals surface area contributed by atoms with Gasteiger partial charge in [-0.05, 0) is 60.7 Å². The summed E-state index contributed by atoms with van der Waals surface area (Å²) in [5.41, 5.74) is 3.39. The first-order valence-corrected chi connectivity index (χ1v) is 6.92. The van der Waals surface area contributed by atoms with Crippen molar-refractivity contribution >= 4 is 0 Å². The normalized spacial score (nSPS) is 14.6. The minimum absolute atomic E-state index is 0.193. The van der Waals surface area contributed by atoms with Crippen molar-refractivity contribution in [1.82, 2.24) is 5.32 Å². The lowest BCUT2D eigenvalue weighted by atomic mass is 9.98. The highest BCUT2D eigenvalue weighted by molar-refractivity contribution is 5.67. The molecule has 0 aromatic heterocycles. The maximum absolute atomic E-state index is 13.8. The van der Waals surface area contributed by atoms with E-state index in [1.165, 1.54) is 31.0 Å². The van der Waals surface area contributed by atoms with Gasteiger partial charge in [-0.2, -0.15) is 0 Å². The molecule has 104 valence electrons. The van der Waals surface area contributed by atoms with Crippen molar-refractivity contribution in [2.24, 2.45) is 0 Å². The van der Waals surface area contributed by atoms with E-state index < -0.39 is 0 Å². The van der Waals surface area contributed by atoms with Gasteiger partial charge < -0.3 is 5.32 Å². The second-order valence-electron chi connectivity index (χ2n) is 5.42. The maximum atomic E-state index is 13.8. The number of nitrogens with one attached hydrogen (secondary N) is 1. The van der Waals surface area contributed by atoms with E-state index in [0.29, 0.717) is 18.2 Å². The van der Waals surface area contributed by atoms with Gasteiger partial charge in [0.25, 0.3) is 0 Å². The SMILES string of the molecule is Cc1cc(F)ccc1-c1ccc(F)c(CNC2CC2)c1. The fraction of sp³-hybridized carbons (Fsp3) is 0.294. The van der Waals surface area contributed by atoms with Gasteiger partial charge in [0.1, 0.15) is 11.6 Å². The number of aryl methyl sites for hydroxylation is 1. The molecule has 20 heavy (non-hydrogen) atoms. The fourth-order valence-corrected chi connectivity index (χ4v) is 2.37. The molecule has 0 unspecified atom stereocenters. The molecule has 1 aliphatic carbocycles. The summed E-state index contributed by atoms with van der Waals surface area (Å²) in [6, 6.07) is 10.3. The van der Waals surface area contributed by atoms with Crippen molar-refractivity contribution in [1.29, 1.82) is 0 Å². The summed E-state index contributed by atoms with van der Waals surface area (Å²) in [5, 5.41) is 3.32. The average molecular weight is 273 g/mol. The molecule has 0 spiro atoms. The minimum Gasteiger partial charge on any atom is -0.310 e. The van der Waals surface area contributed by atoms with Crippen LogP contribution in [0.1, 0.15) is 24.0 Å². The third kappa shape index (κ3) is 2.88. The van der Waals surface area contributed by atoms with Crippen molar-refractivity contribution in [2.45, 2.75) is 32.4 Å². The molecule has 3 rings (SSSR count). The van der Waals surface area contributed by atoms with Crippen LogP contribution in [-0.2, 0) is 6.54 Å². The highest BCUT2D eigenvalue weighted by Gasteiger charge is 2.20. The van der Waals surface area contributed by atoms with Crippen molar-refractivity contribution < 1.29 is 8.78 Å². The van der Waals surface area contributed by atoms with E-state index in [1.54, 1.807) is 12.1 Å². The molecule has 2 aromatic rings. The molecular weight excluding hydrogens is 256 g/mol. The Morgan fingerprint density at radius 1 is 1.10 bits per heavy atom. The van der Waals surface area contributed by atoms with Gasteiger partial charge in [-0.1, -0.05) is 12.1 Å². The molecule has 1 fully saturated rings. The molecule has 2 aromatic carbocycles. The van der Waals surface area contributed by atoms with Crippen LogP contribution in [0.3, 0.4) is 0 Å². The standard InChI is InChI=1S/C17H17F2N/c1-11-8-14(18)3-6-16(11)12-2-7-17(19)13(9-12)10-20-15-4-5-15/h2-3,6-9,15,20H,4-5,10H2,1H3. The van der Waals surface area contributed by atoms with Gasteiger partial charge in [0.05, 0.1) is 0 Å². The molecule has 1 N–H and O–H groups in total. The van der Waals surface area contributed by atoms with Gasteiger partial charge in [0, 0.05) is 18.2 Å². The van der Waals surface area contributed by atoms with Gasteiger partial charge in [0.15, 0.2) is 0 Å². The summed E-state index contributed by atoms with van der Waals surface area (Å²) in [7, 11) is 0. The molecule has 1 nitrogen and oxygen atoms in total. The van der Waals surface area contributed by atoms with Crippen LogP contribution >= 0.6 is 0 Å². The summed E-state index contributed by atoms with van der Waals surface area (Å²) in [6.45, 7) is 2.41. The van der Waals surface area contributed by atoms with E-state index in [-0.39, 0.29) is 11.6 Å². The smallest absolute Gasteiger partial charge is 0.127 e. The third-order valence-electron chi connectivity index (χ3n) is 3.70. The third-order valence-corrected chi connectivity index (χ3v) is 3.70.